The van der Waals surface area contributed by atoms with Gasteiger partial charge in [-0.15, -0.1) is 11.8 Å². The van der Waals surface area contributed by atoms with E-state index in [1.54, 1.807) is 39.3 Å². The van der Waals surface area contributed by atoms with Crippen molar-refractivity contribution < 1.29 is 19.2 Å². The van der Waals surface area contributed by atoms with Crippen LogP contribution in [0.3, 0.4) is 0 Å². The number of non-ortho nitro benzene ring substituents is 1. The second-order valence-electron chi connectivity index (χ2n) is 5.07. The van der Waals surface area contributed by atoms with E-state index in [-0.39, 0.29) is 11.6 Å². The highest BCUT2D eigenvalue weighted by atomic mass is 32.2. The van der Waals surface area contributed by atoms with Crippen molar-refractivity contribution in [3.63, 3.8) is 0 Å². The van der Waals surface area contributed by atoms with Gasteiger partial charge in [0.2, 0.25) is 5.91 Å². The summed E-state index contributed by atoms with van der Waals surface area (Å²) in [6, 6.07) is 11.2. The summed E-state index contributed by atoms with van der Waals surface area (Å²) in [7, 11) is 3.10. The summed E-state index contributed by atoms with van der Waals surface area (Å²) in [6.07, 6.45) is 0. The molecule has 132 valence electrons. The van der Waals surface area contributed by atoms with Crippen LogP contribution in [0.1, 0.15) is 6.92 Å². The number of anilines is 1. The zero-order valence-corrected chi connectivity index (χ0v) is 14.8. The van der Waals surface area contributed by atoms with Crippen LogP contribution in [0, 0.1) is 10.1 Å². The van der Waals surface area contributed by atoms with Gasteiger partial charge in [0.25, 0.3) is 5.69 Å². The number of thioether (sulfide) groups is 1. The molecule has 0 saturated carbocycles. The number of ether oxygens (including phenoxy) is 2. The Morgan fingerprint density at radius 3 is 2.52 bits per heavy atom. The highest BCUT2D eigenvalue weighted by molar-refractivity contribution is 8.00. The molecular weight excluding hydrogens is 344 g/mol. The molecule has 7 nitrogen and oxygen atoms in total. The third-order valence-electron chi connectivity index (χ3n) is 3.36. The maximum atomic E-state index is 12.3. The predicted octanol–water partition coefficient (Wildman–Crippen LogP) is 3.73. The van der Waals surface area contributed by atoms with E-state index in [4.69, 9.17) is 9.47 Å². The Balaban J connectivity index is 2.05. The van der Waals surface area contributed by atoms with Crippen LogP contribution in [0.5, 0.6) is 11.5 Å². The van der Waals surface area contributed by atoms with Gasteiger partial charge in [0.05, 0.1) is 24.4 Å². The van der Waals surface area contributed by atoms with Gasteiger partial charge >= 0.3 is 0 Å². The summed E-state index contributed by atoms with van der Waals surface area (Å²) < 4.78 is 10.4. The number of nitrogens with zero attached hydrogens (tertiary/aromatic N) is 1. The average Bonchev–Trinajstić information content (AvgIpc) is 2.61. The number of rotatable bonds is 7. The van der Waals surface area contributed by atoms with Gasteiger partial charge in [0.1, 0.15) is 0 Å². The lowest BCUT2D eigenvalue weighted by Gasteiger charge is -2.14. The Labute approximate surface area is 149 Å². The summed E-state index contributed by atoms with van der Waals surface area (Å²) in [5.41, 5.74) is 0.317. The minimum absolute atomic E-state index is 0.0713. The van der Waals surface area contributed by atoms with E-state index >= 15 is 0 Å². The quantitative estimate of drug-likeness (QED) is 0.458. The van der Waals surface area contributed by atoms with Crippen molar-refractivity contribution in [3.8, 4) is 11.5 Å². The van der Waals surface area contributed by atoms with E-state index in [1.807, 2.05) is 6.07 Å². The van der Waals surface area contributed by atoms with Gasteiger partial charge < -0.3 is 14.8 Å². The Kier molecular flexibility index (Phi) is 6.24. The SMILES string of the molecule is COc1ccc(S[C@H](C)C(=O)Nc2cccc([N+](=O)[O-])c2)cc1OC. The molecule has 0 radical (unpaired) electrons. The molecule has 25 heavy (non-hydrogen) atoms. The molecule has 8 heteroatoms. The van der Waals surface area contributed by atoms with Crippen molar-refractivity contribution in [2.75, 3.05) is 19.5 Å². The van der Waals surface area contributed by atoms with Crippen LogP contribution in [-0.4, -0.2) is 30.3 Å². The van der Waals surface area contributed by atoms with E-state index < -0.39 is 10.2 Å². The molecule has 0 saturated heterocycles. The van der Waals surface area contributed by atoms with E-state index in [0.29, 0.717) is 17.2 Å². The van der Waals surface area contributed by atoms with Crippen LogP contribution >= 0.6 is 11.8 Å². The summed E-state index contributed by atoms with van der Waals surface area (Å²) in [4.78, 5) is 23.5. The van der Waals surface area contributed by atoms with Crippen molar-refractivity contribution in [1.29, 1.82) is 0 Å². The second kappa shape index (κ2) is 8.39. The number of nitrogens with one attached hydrogen (secondary N) is 1. The van der Waals surface area contributed by atoms with Crippen molar-refractivity contribution in [2.24, 2.45) is 0 Å². The van der Waals surface area contributed by atoms with E-state index in [2.05, 4.69) is 5.32 Å². The highest BCUT2D eigenvalue weighted by Crippen LogP contribution is 2.33. The molecule has 0 aliphatic carbocycles. The van der Waals surface area contributed by atoms with Crippen LogP contribution in [-0.2, 0) is 4.79 Å². The lowest BCUT2D eigenvalue weighted by Crippen LogP contribution is -2.22. The van der Waals surface area contributed by atoms with Gasteiger partial charge in [-0.25, -0.2) is 0 Å². The Morgan fingerprint density at radius 1 is 1.16 bits per heavy atom. The number of hydrogen-bond donors (Lipinski definition) is 1. The van der Waals surface area contributed by atoms with Crippen LogP contribution in [0.25, 0.3) is 0 Å². The fraction of sp³-hybridized carbons (Fsp3) is 0.235. The Bertz CT molecular complexity index is 781. The molecule has 2 aromatic rings. The molecule has 0 heterocycles. The molecule has 2 aromatic carbocycles. The summed E-state index contributed by atoms with van der Waals surface area (Å²) >= 11 is 1.35. The van der Waals surface area contributed by atoms with Gasteiger partial charge in [-0.2, -0.15) is 0 Å². The predicted molar refractivity (Wildman–Crippen MR) is 96.6 cm³/mol. The zero-order chi connectivity index (χ0) is 18.4. The number of nitro benzene ring substituents is 1. The normalized spacial score (nSPS) is 11.5. The maximum absolute atomic E-state index is 12.3. The standard InChI is InChI=1S/C17H18N2O5S/c1-11(25-14-7-8-15(23-2)16(10-14)24-3)17(20)18-12-5-4-6-13(9-12)19(21)22/h4-11H,1-3H3,(H,18,20)/t11-/m1/s1. The third kappa shape index (κ3) is 4.87. The van der Waals surface area contributed by atoms with Gasteiger partial charge in [-0.1, -0.05) is 6.07 Å². The minimum Gasteiger partial charge on any atom is -0.493 e. The topological polar surface area (TPSA) is 90.7 Å². The maximum Gasteiger partial charge on any atom is 0.271 e. The zero-order valence-electron chi connectivity index (χ0n) is 14.0. The Morgan fingerprint density at radius 2 is 1.88 bits per heavy atom. The van der Waals surface area contributed by atoms with Crippen LogP contribution in [0.2, 0.25) is 0 Å². The number of nitro groups is 1. The van der Waals surface area contributed by atoms with Crippen LogP contribution in [0.15, 0.2) is 47.4 Å². The summed E-state index contributed by atoms with van der Waals surface area (Å²) in [6.45, 7) is 1.76. The molecule has 0 unspecified atom stereocenters. The van der Waals surface area contributed by atoms with Gasteiger partial charge in [0, 0.05) is 22.7 Å². The summed E-state index contributed by atoms with van der Waals surface area (Å²) in [5, 5.41) is 13.1. The molecule has 1 atom stereocenters. The molecular formula is C17H18N2O5S. The number of benzene rings is 2. The molecule has 1 N–H and O–H groups in total. The van der Waals surface area contributed by atoms with Gasteiger partial charge in [-0.05, 0) is 31.2 Å². The van der Waals surface area contributed by atoms with Crippen molar-refractivity contribution in [2.45, 2.75) is 17.1 Å². The number of carbonyl (C=O) groups is 1. The first kappa shape index (κ1) is 18.6. The third-order valence-corrected chi connectivity index (χ3v) is 4.46. The van der Waals surface area contributed by atoms with E-state index in [9.17, 15) is 14.9 Å². The molecule has 0 aliphatic rings. The molecule has 0 aliphatic heterocycles. The largest absolute Gasteiger partial charge is 0.493 e. The molecule has 0 fully saturated rings. The first-order valence-corrected chi connectivity index (χ1v) is 8.26. The average molecular weight is 362 g/mol. The molecule has 0 aromatic heterocycles. The van der Waals surface area contributed by atoms with E-state index in [0.717, 1.165) is 4.90 Å². The summed E-state index contributed by atoms with van der Waals surface area (Å²) in [5.74, 6) is 0.944. The number of hydrogen-bond acceptors (Lipinski definition) is 6. The van der Waals surface area contributed by atoms with Crippen molar-refractivity contribution in [3.05, 3.63) is 52.6 Å². The minimum atomic E-state index is -0.503. The van der Waals surface area contributed by atoms with Crippen LogP contribution in [0.4, 0.5) is 11.4 Å². The monoisotopic (exact) mass is 362 g/mol. The fourth-order valence-corrected chi connectivity index (χ4v) is 2.98. The van der Waals surface area contributed by atoms with Crippen molar-refractivity contribution >= 4 is 29.0 Å². The second-order valence-corrected chi connectivity index (χ2v) is 6.49. The first-order valence-electron chi connectivity index (χ1n) is 7.38. The lowest BCUT2D eigenvalue weighted by molar-refractivity contribution is -0.384. The smallest absolute Gasteiger partial charge is 0.271 e. The highest BCUT2D eigenvalue weighted by Gasteiger charge is 2.17. The number of carbonyl (C=O) groups excluding carboxylic acids is 1. The lowest BCUT2D eigenvalue weighted by atomic mass is 10.2. The van der Waals surface area contributed by atoms with E-state index in [1.165, 1.54) is 30.0 Å². The first-order chi connectivity index (χ1) is 11.9. The molecule has 0 bridgehead atoms. The molecule has 0 spiro atoms. The number of methoxy groups -OCH3 is 2. The van der Waals surface area contributed by atoms with Crippen molar-refractivity contribution in [1.82, 2.24) is 0 Å². The van der Waals surface area contributed by atoms with Gasteiger partial charge in [0.15, 0.2) is 11.5 Å². The van der Waals surface area contributed by atoms with Gasteiger partial charge in [-0.3, -0.25) is 14.9 Å². The molecule has 2 rings (SSSR count). The Hall–Kier alpha value is -2.74. The van der Waals surface area contributed by atoms with Crippen LogP contribution < -0.4 is 14.8 Å². The fourth-order valence-electron chi connectivity index (χ4n) is 2.09. The molecule has 1 amide bonds. The number of amides is 1.